The fraction of sp³-hybridized carbons (Fsp3) is 0.762. The number of rotatable bonds is 8. The number of pyridine rings is 1. The lowest BCUT2D eigenvalue weighted by Crippen LogP contribution is -2.49. The second-order valence-electron chi connectivity index (χ2n) is 8.40. The van der Waals surface area contributed by atoms with Crippen molar-refractivity contribution in [1.82, 2.24) is 15.2 Å². The molecule has 0 spiro atoms. The lowest BCUT2D eigenvalue weighted by Gasteiger charge is -2.38. The van der Waals surface area contributed by atoms with Crippen LogP contribution in [0.5, 0.6) is 5.88 Å². The van der Waals surface area contributed by atoms with E-state index in [4.69, 9.17) is 9.47 Å². The third kappa shape index (κ3) is 5.18. The van der Waals surface area contributed by atoms with Gasteiger partial charge in [0.05, 0.1) is 12.7 Å². The summed E-state index contributed by atoms with van der Waals surface area (Å²) in [5, 5.41) is 3.77. The molecule has 0 bridgehead atoms. The molecule has 0 aromatic carbocycles. The van der Waals surface area contributed by atoms with Crippen molar-refractivity contribution in [2.45, 2.75) is 57.7 Å². The van der Waals surface area contributed by atoms with Crippen molar-refractivity contribution in [2.24, 2.45) is 11.8 Å². The third-order valence-electron chi connectivity index (χ3n) is 6.01. The van der Waals surface area contributed by atoms with Gasteiger partial charge in [0.2, 0.25) is 5.88 Å². The molecule has 3 unspecified atom stereocenters. The van der Waals surface area contributed by atoms with Crippen molar-refractivity contribution in [3.63, 3.8) is 0 Å². The molecule has 5 heteroatoms. The molecule has 3 atom stereocenters. The summed E-state index contributed by atoms with van der Waals surface area (Å²) in [5.41, 5.74) is 1.26. The van der Waals surface area contributed by atoms with Gasteiger partial charge in [0.25, 0.3) is 0 Å². The molecule has 0 radical (unpaired) electrons. The van der Waals surface area contributed by atoms with E-state index in [1.807, 2.05) is 6.20 Å². The van der Waals surface area contributed by atoms with E-state index in [-0.39, 0.29) is 0 Å². The van der Waals surface area contributed by atoms with Crippen molar-refractivity contribution >= 4 is 0 Å². The van der Waals surface area contributed by atoms with E-state index in [1.165, 1.54) is 50.8 Å². The fourth-order valence-electron chi connectivity index (χ4n) is 4.15. The molecule has 3 fully saturated rings. The van der Waals surface area contributed by atoms with E-state index in [0.29, 0.717) is 18.1 Å². The molecule has 26 heavy (non-hydrogen) atoms. The molecular formula is C21H33N3O2. The number of likely N-dealkylation sites (tertiary alicyclic amines) is 1. The number of nitrogens with one attached hydrogen (secondary N) is 1. The third-order valence-corrected chi connectivity index (χ3v) is 6.01. The molecule has 1 aromatic heterocycles. The van der Waals surface area contributed by atoms with Crippen molar-refractivity contribution < 1.29 is 9.47 Å². The van der Waals surface area contributed by atoms with E-state index >= 15 is 0 Å². The average molecular weight is 360 g/mol. The standard InChI is InChI=1S/C21H33N3O2/c1-16-13-24(14-19-3-2-10-25-19)9-7-20(16)23-12-18-6-8-22-21(11-18)26-15-17-4-5-17/h6,8,11,16-17,19-20,23H,2-5,7,9-10,12-15H2,1H3. The lowest BCUT2D eigenvalue weighted by atomic mass is 9.93. The second kappa shape index (κ2) is 8.68. The van der Waals surface area contributed by atoms with Crippen LogP contribution in [-0.4, -0.2) is 54.9 Å². The minimum absolute atomic E-state index is 0.470. The second-order valence-corrected chi connectivity index (χ2v) is 8.40. The Morgan fingerprint density at radius 1 is 1.31 bits per heavy atom. The quantitative estimate of drug-likeness (QED) is 0.773. The average Bonchev–Trinajstić information content (AvgIpc) is 3.35. The Hall–Kier alpha value is -1.17. The number of piperidine rings is 1. The minimum Gasteiger partial charge on any atom is -0.477 e. The van der Waals surface area contributed by atoms with Gasteiger partial charge in [-0.05, 0) is 62.1 Å². The van der Waals surface area contributed by atoms with Gasteiger partial charge < -0.3 is 19.7 Å². The highest BCUT2D eigenvalue weighted by Crippen LogP contribution is 2.29. The van der Waals surface area contributed by atoms with Gasteiger partial charge in [0.1, 0.15) is 0 Å². The molecule has 3 heterocycles. The molecule has 4 rings (SSSR count). The predicted octanol–water partition coefficient (Wildman–Crippen LogP) is 2.85. The summed E-state index contributed by atoms with van der Waals surface area (Å²) in [6, 6.07) is 4.76. The Morgan fingerprint density at radius 3 is 3.00 bits per heavy atom. The molecule has 1 saturated carbocycles. The van der Waals surface area contributed by atoms with Crippen LogP contribution in [0.4, 0.5) is 0 Å². The van der Waals surface area contributed by atoms with Gasteiger partial charge >= 0.3 is 0 Å². The normalized spacial score (nSPS) is 29.8. The van der Waals surface area contributed by atoms with Crippen molar-refractivity contribution in [1.29, 1.82) is 0 Å². The van der Waals surface area contributed by atoms with Crippen LogP contribution in [0.2, 0.25) is 0 Å². The van der Waals surface area contributed by atoms with Gasteiger partial charge in [-0.3, -0.25) is 0 Å². The number of ether oxygens (including phenoxy) is 2. The Kier molecular flexibility index (Phi) is 6.08. The molecule has 2 saturated heterocycles. The van der Waals surface area contributed by atoms with E-state index in [2.05, 4.69) is 34.3 Å². The predicted molar refractivity (Wildman–Crippen MR) is 102 cm³/mol. The van der Waals surface area contributed by atoms with Crippen LogP contribution in [0.25, 0.3) is 0 Å². The highest BCUT2D eigenvalue weighted by Gasteiger charge is 2.28. The first-order valence-corrected chi connectivity index (χ1v) is 10.4. The van der Waals surface area contributed by atoms with Gasteiger partial charge in [-0.2, -0.15) is 0 Å². The summed E-state index contributed by atoms with van der Waals surface area (Å²) < 4.78 is 11.6. The Morgan fingerprint density at radius 2 is 2.23 bits per heavy atom. The number of hydrogen-bond donors (Lipinski definition) is 1. The van der Waals surface area contributed by atoms with Crippen molar-refractivity contribution in [3.05, 3.63) is 23.9 Å². The van der Waals surface area contributed by atoms with Gasteiger partial charge in [0.15, 0.2) is 0 Å². The maximum absolute atomic E-state index is 5.80. The minimum atomic E-state index is 0.470. The topological polar surface area (TPSA) is 46.6 Å². The largest absolute Gasteiger partial charge is 0.477 e. The lowest BCUT2D eigenvalue weighted by molar-refractivity contribution is 0.0512. The Balaban J connectivity index is 1.21. The van der Waals surface area contributed by atoms with Crippen LogP contribution in [0, 0.1) is 11.8 Å². The molecule has 0 amide bonds. The van der Waals surface area contributed by atoms with Crippen LogP contribution in [-0.2, 0) is 11.3 Å². The maximum Gasteiger partial charge on any atom is 0.213 e. The Bertz CT molecular complexity index is 572. The fourth-order valence-corrected chi connectivity index (χ4v) is 4.15. The highest BCUT2D eigenvalue weighted by molar-refractivity contribution is 5.20. The van der Waals surface area contributed by atoms with Gasteiger partial charge in [-0.25, -0.2) is 4.98 Å². The summed E-state index contributed by atoms with van der Waals surface area (Å²) in [7, 11) is 0. The zero-order chi connectivity index (χ0) is 17.8. The van der Waals surface area contributed by atoms with Gasteiger partial charge in [0, 0.05) is 44.5 Å². The first kappa shape index (κ1) is 18.2. The molecule has 5 nitrogen and oxygen atoms in total. The van der Waals surface area contributed by atoms with Crippen LogP contribution in [0.15, 0.2) is 18.3 Å². The summed E-state index contributed by atoms with van der Waals surface area (Å²) in [4.78, 5) is 6.93. The summed E-state index contributed by atoms with van der Waals surface area (Å²) in [6.07, 6.45) is 8.64. The van der Waals surface area contributed by atoms with Crippen LogP contribution in [0.1, 0.15) is 44.6 Å². The van der Waals surface area contributed by atoms with E-state index in [1.54, 1.807) is 0 Å². The van der Waals surface area contributed by atoms with E-state index < -0.39 is 0 Å². The summed E-state index contributed by atoms with van der Waals surface area (Å²) >= 11 is 0. The molecule has 144 valence electrons. The first-order chi connectivity index (χ1) is 12.8. The van der Waals surface area contributed by atoms with Crippen molar-refractivity contribution in [2.75, 3.05) is 32.8 Å². The van der Waals surface area contributed by atoms with Crippen molar-refractivity contribution in [3.8, 4) is 5.88 Å². The SMILES string of the molecule is CC1CN(CC2CCCO2)CCC1NCc1ccnc(OCC2CC2)c1. The molecule has 3 aliphatic rings. The van der Waals surface area contributed by atoms with Crippen LogP contribution in [0.3, 0.4) is 0 Å². The Labute approximate surface area is 157 Å². The molecule has 1 aromatic rings. The highest BCUT2D eigenvalue weighted by atomic mass is 16.5. The van der Waals surface area contributed by atoms with Gasteiger partial charge in [-0.15, -0.1) is 0 Å². The smallest absolute Gasteiger partial charge is 0.213 e. The number of hydrogen-bond acceptors (Lipinski definition) is 5. The zero-order valence-corrected chi connectivity index (χ0v) is 16.0. The number of nitrogens with zero attached hydrogens (tertiary/aromatic N) is 2. The monoisotopic (exact) mass is 359 g/mol. The van der Waals surface area contributed by atoms with Crippen LogP contribution >= 0.6 is 0 Å². The molecule has 1 N–H and O–H groups in total. The van der Waals surface area contributed by atoms with Crippen LogP contribution < -0.4 is 10.1 Å². The van der Waals surface area contributed by atoms with Gasteiger partial charge in [-0.1, -0.05) is 6.92 Å². The maximum atomic E-state index is 5.80. The zero-order valence-electron chi connectivity index (χ0n) is 16.0. The molecule has 2 aliphatic heterocycles. The molecular weight excluding hydrogens is 326 g/mol. The van der Waals surface area contributed by atoms with E-state index in [9.17, 15) is 0 Å². The summed E-state index contributed by atoms with van der Waals surface area (Å²) in [6.45, 7) is 8.50. The molecule has 1 aliphatic carbocycles. The summed E-state index contributed by atoms with van der Waals surface area (Å²) in [5.74, 6) is 2.20. The number of aromatic nitrogens is 1. The first-order valence-electron chi connectivity index (χ1n) is 10.4. The van der Waals surface area contributed by atoms with E-state index in [0.717, 1.165) is 38.1 Å².